The number of amides is 1. The first-order valence-electron chi connectivity index (χ1n) is 5.11. The van der Waals surface area contributed by atoms with Crippen LogP contribution in [0.1, 0.15) is 12.8 Å². The Balaban J connectivity index is 0. The molecular formula is C10H23ClN2O3. The zero-order chi connectivity index (χ0) is 11.7. The predicted molar refractivity (Wildman–Crippen MR) is 65.8 cm³/mol. The summed E-state index contributed by atoms with van der Waals surface area (Å²) in [5, 5.41) is 0. The van der Waals surface area contributed by atoms with E-state index in [0.29, 0.717) is 26.1 Å². The smallest absolute Gasteiger partial charge is 0.224 e. The lowest BCUT2D eigenvalue weighted by molar-refractivity contribution is -0.132. The van der Waals surface area contributed by atoms with Gasteiger partial charge in [-0.05, 0) is 6.42 Å². The highest BCUT2D eigenvalue weighted by atomic mass is 35.5. The molecule has 0 saturated carbocycles. The van der Waals surface area contributed by atoms with Crippen LogP contribution in [0.3, 0.4) is 0 Å². The predicted octanol–water partition coefficient (Wildman–Crippen LogP) is 0.267. The second-order valence-corrected chi connectivity index (χ2v) is 3.46. The van der Waals surface area contributed by atoms with Crippen molar-refractivity contribution in [2.75, 3.05) is 41.0 Å². The molecule has 98 valence electrons. The lowest BCUT2D eigenvalue weighted by Gasteiger charge is -2.19. The number of hydrogen-bond acceptors (Lipinski definition) is 4. The summed E-state index contributed by atoms with van der Waals surface area (Å²) in [6, 6.07) is 0. The fraction of sp³-hybridized carbons (Fsp3) is 0.900. The molecule has 1 amide bonds. The fourth-order valence-electron chi connectivity index (χ4n) is 1.18. The van der Waals surface area contributed by atoms with Gasteiger partial charge in [-0.1, -0.05) is 0 Å². The normalized spacial score (nSPS) is 11.8. The summed E-state index contributed by atoms with van der Waals surface area (Å²) >= 11 is 0. The van der Waals surface area contributed by atoms with Gasteiger partial charge in [0.05, 0.1) is 12.5 Å². The lowest BCUT2D eigenvalue weighted by Crippen LogP contribution is -2.34. The maximum Gasteiger partial charge on any atom is 0.224 e. The Morgan fingerprint density at radius 1 is 1.44 bits per heavy atom. The standard InChI is InChI=1S/C10H22N2O3.ClH/c1-12(5-4-6-14-2)10(13)7-9(8-11)15-3;/h9H,4-8,11H2,1-3H3;1H. The Hall–Kier alpha value is -0.360. The van der Waals surface area contributed by atoms with E-state index in [-0.39, 0.29) is 24.4 Å². The molecule has 1 unspecified atom stereocenters. The minimum atomic E-state index is -0.178. The molecule has 0 aromatic carbocycles. The Kier molecular flexibility index (Phi) is 12.5. The van der Waals surface area contributed by atoms with E-state index in [1.807, 2.05) is 0 Å². The molecule has 0 rings (SSSR count). The Bertz CT molecular complexity index is 177. The van der Waals surface area contributed by atoms with E-state index < -0.39 is 0 Å². The first kappa shape index (κ1) is 18.0. The molecule has 0 radical (unpaired) electrons. The summed E-state index contributed by atoms with van der Waals surface area (Å²) in [4.78, 5) is 13.3. The molecule has 6 heteroatoms. The molecule has 2 N–H and O–H groups in total. The van der Waals surface area contributed by atoms with Gasteiger partial charge < -0.3 is 20.1 Å². The van der Waals surface area contributed by atoms with Crippen molar-refractivity contribution >= 4 is 18.3 Å². The van der Waals surface area contributed by atoms with E-state index in [4.69, 9.17) is 15.2 Å². The summed E-state index contributed by atoms with van der Waals surface area (Å²) in [7, 11) is 4.99. The topological polar surface area (TPSA) is 64.8 Å². The average Bonchev–Trinajstić information content (AvgIpc) is 2.25. The highest BCUT2D eigenvalue weighted by molar-refractivity contribution is 5.85. The van der Waals surface area contributed by atoms with Crippen LogP contribution in [0.25, 0.3) is 0 Å². The van der Waals surface area contributed by atoms with Crippen LogP contribution >= 0.6 is 12.4 Å². The molecule has 0 spiro atoms. The maximum absolute atomic E-state index is 11.6. The maximum atomic E-state index is 11.6. The molecule has 0 aromatic rings. The summed E-state index contributed by atoms with van der Waals surface area (Å²) in [6.07, 6.45) is 1.01. The average molecular weight is 255 g/mol. The third-order valence-electron chi connectivity index (χ3n) is 2.27. The van der Waals surface area contributed by atoms with Crippen molar-refractivity contribution in [3.63, 3.8) is 0 Å². The first-order chi connectivity index (χ1) is 7.15. The van der Waals surface area contributed by atoms with Crippen LogP contribution in [0, 0.1) is 0 Å². The Morgan fingerprint density at radius 3 is 2.50 bits per heavy atom. The lowest BCUT2D eigenvalue weighted by atomic mass is 10.2. The number of carbonyl (C=O) groups excluding carboxylic acids is 1. The number of nitrogens with two attached hydrogens (primary N) is 1. The zero-order valence-corrected chi connectivity index (χ0v) is 11.1. The van der Waals surface area contributed by atoms with Gasteiger partial charge in [-0.15, -0.1) is 12.4 Å². The second kappa shape index (κ2) is 11.1. The zero-order valence-electron chi connectivity index (χ0n) is 10.3. The number of hydrogen-bond donors (Lipinski definition) is 1. The van der Waals surface area contributed by atoms with Gasteiger partial charge in [0.1, 0.15) is 0 Å². The molecule has 5 nitrogen and oxygen atoms in total. The van der Waals surface area contributed by atoms with Gasteiger partial charge >= 0.3 is 0 Å². The first-order valence-corrected chi connectivity index (χ1v) is 5.11. The minimum Gasteiger partial charge on any atom is -0.385 e. The Morgan fingerprint density at radius 2 is 2.06 bits per heavy atom. The van der Waals surface area contributed by atoms with E-state index in [9.17, 15) is 4.79 Å². The molecule has 0 fully saturated rings. The molecule has 0 aromatic heterocycles. The second-order valence-electron chi connectivity index (χ2n) is 3.46. The highest BCUT2D eigenvalue weighted by Gasteiger charge is 2.14. The number of halogens is 1. The van der Waals surface area contributed by atoms with Gasteiger partial charge in [-0.3, -0.25) is 4.79 Å². The van der Waals surface area contributed by atoms with Gasteiger partial charge in [-0.25, -0.2) is 0 Å². The van der Waals surface area contributed by atoms with Crippen molar-refractivity contribution in [2.24, 2.45) is 5.73 Å². The van der Waals surface area contributed by atoms with Gasteiger partial charge in [0.15, 0.2) is 0 Å². The van der Waals surface area contributed by atoms with Gasteiger partial charge in [-0.2, -0.15) is 0 Å². The summed E-state index contributed by atoms with van der Waals surface area (Å²) in [5.41, 5.74) is 5.44. The summed E-state index contributed by atoms with van der Waals surface area (Å²) < 4.78 is 9.96. The van der Waals surface area contributed by atoms with Crippen molar-refractivity contribution in [1.82, 2.24) is 4.90 Å². The minimum absolute atomic E-state index is 0. The van der Waals surface area contributed by atoms with Crippen molar-refractivity contribution in [2.45, 2.75) is 18.9 Å². The fourth-order valence-corrected chi connectivity index (χ4v) is 1.18. The van der Waals surface area contributed by atoms with Crippen LogP contribution in [0.4, 0.5) is 0 Å². The van der Waals surface area contributed by atoms with Crippen LogP contribution in [0.5, 0.6) is 0 Å². The number of methoxy groups -OCH3 is 2. The van der Waals surface area contributed by atoms with Gasteiger partial charge in [0.2, 0.25) is 5.91 Å². The molecule has 16 heavy (non-hydrogen) atoms. The molecule has 0 bridgehead atoms. The molecule has 0 aliphatic carbocycles. The SMILES string of the molecule is COCCCN(C)C(=O)CC(CN)OC.Cl. The van der Waals surface area contributed by atoms with E-state index in [2.05, 4.69) is 0 Å². The molecule has 0 aliphatic rings. The van der Waals surface area contributed by atoms with Gasteiger partial charge in [0.25, 0.3) is 0 Å². The largest absolute Gasteiger partial charge is 0.385 e. The molecule has 0 aliphatic heterocycles. The van der Waals surface area contributed by atoms with Crippen LogP contribution in [0.2, 0.25) is 0 Å². The van der Waals surface area contributed by atoms with Crippen LogP contribution in [-0.2, 0) is 14.3 Å². The van der Waals surface area contributed by atoms with E-state index in [1.54, 1.807) is 26.2 Å². The summed E-state index contributed by atoms with van der Waals surface area (Å²) in [5.74, 6) is 0.0587. The summed E-state index contributed by atoms with van der Waals surface area (Å²) in [6.45, 7) is 1.74. The molecular weight excluding hydrogens is 232 g/mol. The van der Waals surface area contributed by atoms with E-state index >= 15 is 0 Å². The molecule has 0 heterocycles. The van der Waals surface area contributed by atoms with Crippen LogP contribution < -0.4 is 5.73 Å². The molecule has 0 saturated heterocycles. The third-order valence-corrected chi connectivity index (χ3v) is 2.27. The van der Waals surface area contributed by atoms with Crippen LogP contribution in [-0.4, -0.2) is 57.9 Å². The highest BCUT2D eigenvalue weighted by Crippen LogP contribution is 2.00. The third kappa shape index (κ3) is 7.87. The van der Waals surface area contributed by atoms with Crippen molar-refractivity contribution in [1.29, 1.82) is 0 Å². The number of rotatable bonds is 8. The number of carbonyl (C=O) groups is 1. The Labute approximate surface area is 104 Å². The van der Waals surface area contributed by atoms with E-state index in [0.717, 1.165) is 6.42 Å². The quantitative estimate of drug-likeness (QED) is 0.632. The number of nitrogens with zero attached hydrogens (tertiary/aromatic N) is 1. The monoisotopic (exact) mass is 254 g/mol. The van der Waals surface area contributed by atoms with Crippen molar-refractivity contribution < 1.29 is 14.3 Å². The molecule has 1 atom stereocenters. The van der Waals surface area contributed by atoms with Crippen LogP contribution in [0.15, 0.2) is 0 Å². The van der Waals surface area contributed by atoms with Crippen molar-refractivity contribution in [3.05, 3.63) is 0 Å². The van der Waals surface area contributed by atoms with Gasteiger partial charge in [0, 0.05) is 41.0 Å². The van der Waals surface area contributed by atoms with Crippen molar-refractivity contribution in [3.8, 4) is 0 Å². The van der Waals surface area contributed by atoms with E-state index in [1.165, 1.54) is 0 Å². The number of ether oxygens (including phenoxy) is 2.